The van der Waals surface area contributed by atoms with Crippen LogP contribution < -0.4 is 23.7 Å². The lowest BCUT2D eigenvalue weighted by Crippen LogP contribution is -2.37. The number of nitrogens with zero attached hydrogens (tertiary/aromatic N) is 3. The molecule has 6 rings (SSSR count). The molecule has 1 fully saturated rings. The van der Waals surface area contributed by atoms with Crippen LogP contribution in [0.5, 0.6) is 28.7 Å². The Morgan fingerprint density at radius 1 is 0.841 bits per heavy atom. The predicted octanol–water partition coefficient (Wildman–Crippen LogP) is 6.24. The third kappa shape index (κ3) is 5.66. The zero-order valence-corrected chi connectivity index (χ0v) is 26.2. The van der Waals surface area contributed by atoms with Gasteiger partial charge in [-0.3, -0.25) is 4.79 Å². The summed E-state index contributed by atoms with van der Waals surface area (Å²) in [5.74, 6) is 1.67. The van der Waals surface area contributed by atoms with E-state index in [4.69, 9.17) is 28.4 Å². The van der Waals surface area contributed by atoms with E-state index in [9.17, 15) is 4.79 Å². The normalized spacial score (nSPS) is 21.5. The fraction of sp³-hybridized carbons (Fsp3) is 0.559. The number of carbonyl (C=O) groups excluding carboxylic acids is 1. The Labute approximate surface area is 258 Å². The molecule has 0 unspecified atom stereocenters. The molecule has 236 valence electrons. The fourth-order valence-corrected chi connectivity index (χ4v) is 7.16. The van der Waals surface area contributed by atoms with Gasteiger partial charge in [0.15, 0.2) is 23.0 Å². The largest absolute Gasteiger partial charge is 0.493 e. The second kappa shape index (κ2) is 13.4. The average molecular weight is 606 g/mol. The lowest BCUT2D eigenvalue weighted by molar-refractivity contribution is -0.141. The summed E-state index contributed by atoms with van der Waals surface area (Å²) < 4.78 is 36.3. The number of aromatic nitrogens is 3. The molecule has 10 nitrogen and oxygen atoms in total. The Balaban J connectivity index is 1.33. The van der Waals surface area contributed by atoms with Gasteiger partial charge in [-0.2, -0.15) is 0 Å². The number of aryl methyl sites for hydroxylation is 1. The van der Waals surface area contributed by atoms with Crippen LogP contribution in [0.4, 0.5) is 0 Å². The topological polar surface area (TPSA) is 103 Å². The molecule has 3 heterocycles. The zero-order chi connectivity index (χ0) is 30.6. The molecule has 0 radical (unpaired) electrons. The monoisotopic (exact) mass is 605 g/mol. The zero-order valence-electron chi connectivity index (χ0n) is 26.2. The van der Waals surface area contributed by atoms with Gasteiger partial charge in [0.05, 0.1) is 45.6 Å². The summed E-state index contributed by atoms with van der Waals surface area (Å²) >= 11 is 0. The molecule has 2 aromatic carbocycles. The van der Waals surface area contributed by atoms with Gasteiger partial charge in [-0.25, -0.2) is 4.68 Å². The summed E-state index contributed by atoms with van der Waals surface area (Å²) in [6.45, 7) is 2.69. The molecule has 1 aromatic heterocycles. The highest BCUT2D eigenvalue weighted by Crippen LogP contribution is 2.56. The van der Waals surface area contributed by atoms with Crippen LogP contribution in [0.15, 0.2) is 30.5 Å². The molecule has 3 aliphatic rings. The molecule has 0 amide bonds. The molecule has 0 saturated carbocycles. The number of cyclic esters (lactones) is 1. The van der Waals surface area contributed by atoms with Crippen molar-refractivity contribution in [2.75, 3.05) is 34.7 Å². The Morgan fingerprint density at radius 2 is 1.50 bits per heavy atom. The van der Waals surface area contributed by atoms with Gasteiger partial charge in [-0.05, 0) is 53.8 Å². The van der Waals surface area contributed by atoms with E-state index in [2.05, 4.69) is 17.2 Å². The van der Waals surface area contributed by atoms with Crippen molar-refractivity contribution >= 4 is 5.97 Å². The maximum absolute atomic E-state index is 13.5. The maximum atomic E-state index is 13.5. The molecule has 0 spiro atoms. The molecule has 0 N–H and O–H groups in total. The van der Waals surface area contributed by atoms with Crippen LogP contribution in [-0.4, -0.2) is 55.7 Å². The maximum Gasteiger partial charge on any atom is 0.310 e. The van der Waals surface area contributed by atoms with Crippen LogP contribution in [0, 0.1) is 11.8 Å². The van der Waals surface area contributed by atoms with Crippen molar-refractivity contribution < 1.29 is 33.2 Å². The van der Waals surface area contributed by atoms with Crippen molar-refractivity contribution in [1.29, 1.82) is 0 Å². The van der Waals surface area contributed by atoms with Gasteiger partial charge in [-0.1, -0.05) is 57.1 Å². The molecular weight excluding hydrogens is 562 g/mol. The van der Waals surface area contributed by atoms with E-state index >= 15 is 0 Å². The summed E-state index contributed by atoms with van der Waals surface area (Å²) in [4.78, 5) is 13.5. The van der Waals surface area contributed by atoms with Crippen LogP contribution in [0.1, 0.15) is 92.6 Å². The van der Waals surface area contributed by atoms with Crippen molar-refractivity contribution in [3.05, 3.63) is 52.8 Å². The van der Waals surface area contributed by atoms with Gasteiger partial charge in [0, 0.05) is 18.0 Å². The molecule has 1 saturated heterocycles. The van der Waals surface area contributed by atoms with Crippen LogP contribution in [-0.2, 0) is 16.0 Å². The van der Waals surface area contributed by atoms with Gasteiger partial charge in [0.2, 0.25) is 12.5 Å². The summed E-state index contributed by atoms with van der Waals surface area (Å²) in [6, 6.07) is 7.61. The van der Waals surface area contributed by atoms with E-state index in [-0.39, 0.29) is 37.2 Å². The van der Waals surface area contributed by atoms with E-state index in [0.29, 0.717) is 28.7 Å². The highest BCUT2D eigenvalue weighted by Gasteiger charge is 2.53. The summed E-state index contributed by atoms with van der Waals surface area (Å²) in [6.07, 6.45) is 13.0. The van der Waals surface area contributed by atoms with Crippen molar-refractivity contribution in [3.8, 4) is 28.7 Å². The van der Waals surface area contributed by atoms with Crippen LogP contribution in [0.3, 0.4) is 0 Å². The molecule has 4 atom stereocenters. The Hall–Kier alpha value is -3.95. The number of methoxy groups -OCH3 is 3. The number of unbranched alkanes of at least 4 members (excludes halogenated alkanes) is 7. The number of ether oxygens (including phenoxy) is 6. The van der Waals surface area contributed by atoms with Gasteiger partial charge in [0.1, 0.15) is 0 Å². The number of hydrogen-bond donors (Lipinski definition) is 0. The first-order chi connectivity index (χ1) is 21.6. The number of benzene rings is 2. The molecule has 3 aromatic rings. The molecule has 44 heavy (non-hydrogen) atoms. The highest BCUT2D eigenvalue weighted by molar-refractivity contribution is 5.79. The summed E-state index contributed by atoms with van der Waals surface area (Å²) in [5, 5.41) is 9.17. The Morgan fingerprint density at radius 3 is 2.16 bits per heavy atom. The van der Waals surface area contributed by atoms with E-state index in [1.165, 1.54) is 44.9 Å². The Bertz CT molecular complexity index is 1450. The van der Waals surface area contributed by atoms with Crippen LogP contribution >= 0.6 is 0 Å². The molecule has 10 heteroatoms. The highest BCUT2D eigenvalue weighted by atomic mass is 16.7. The standard InChI is InChI=1S/C34H43N3O7/c1-5-6-7-8-9-10-11-12-13-22-18-37(36-35-22)32-24-17-27-26(43-20-44-27)16-23(24)30(31-25(32)19-42-34(31)38)21-14-28(39-2)33(41-4)29(15-21)40-3/h14-18,25,30-32H,5-13,19-20H2,1-4H3/t25-,30+,31-,32+/m0/s1. The van der Waals surface area contributed by atoms with Crippen molar-refractivity contribution in [3.63, 3.8) is 0 Å². The number of carbonyl (C=O) groups is 1. The van der Waals surface area contributed by atoms with Crippen LogP contribution in [0.2, 0.25) is 0 Å². The van der Waals surface area contributed by atoms with Gasteiger partial charge >= 0.3 is 5.97 Å². The first-order valence-corrected chi connectivity index (χ1v) is 15.9. The lowest BCUT2D eigenvalue weighted by atomic mass is 9.65. The van der Waals surface area contributed by atoms with E-state index in [0.717, 1.165) is 35.2 Å². The molecule has 1 aliphatic carbocycles. The first-order valence-electron chi connectivity index (χ1n) is 15.9. The third-order valence-electron chi connectivity index (χ3n) is 9.32. The number of hydrogen-bond acceptors (Lipinski definition) is 9. The fourth-order valence-electron chi connectivity index (χ4n) is 7.16. The SMILES string of the molecule is CCCCCCCCCCc1cn([C@@H]2c3cc4c(cc3[C@@H](c3cc(OC)c(OC)c(OC)c3)[C@H]3C(=O)OC[C@@H]32)OCO4)nn1. The molecular formula is C34H43N3O7. The summed E-state index contributed by atoms with van der Waals surface area (Å²) in [5.41, 5.74) is 3.79. The molecule has 0 bridgehead atoms. The minimum absolute atomic E-state index is 0.152. The third-order valence-corrected chi connectivity index (χ3v) is 9.32. The van der Waals surface area contributed by atoms with Crippen LogP contribution in [0.25, 0.3) is 0 Å². The first kappa shape index (κ1) is 30.1. The minimum atomic E-state index is -0.462. The second-order valence-electron chi connectivity index (χ2n) is 12.0. The van der Waals surface area contributed by atoms with Gasteiger partial charge < -0.3 is 28.4 Å². The van der Waals surface area contributed by atoms with Gasteiger partial charge in [0.25, 0.3) is 0 Å². The second-order valence-corrected chi connectivity index (χ2v) is 12.0. The van der Waals surface area contributed by atoms with Crippen molar-refractivity contribution in [1.82, 2.24) is 15.0 Å². The smallest absolute Gasteiger partial charge is 0.310 e. The number of fused-ring (bicyclic) bond motifs is 3. The number of esters is 1. The minimum Gasteiger partial charge on any atom is -0.493 e. The molecule has 2 aliphatic heterocycles. The van der Waals surface area contributed by atoms with E-state index in [1.807, 2.05) is 35.1 Å². The van der Waals surface area contributed by atoms with Crippen molar-refractivity contribution in [2.45, 2.75) is 76.7 Å². The summed E-state index contributed by atoms with van der Waals surface area (Å²) in [7, 11) is 4.76. The Kier molecular flexibility index (Phi) is 9.14. The van der Waals surface area contributed by atoms with E-state index in [1.54, 1.807) is 21.3 Å². The lowest BCUT2D eigenvalue weighted by Gasteiger charge is -2.39. The quantitative estimate of drug-likeness (QED) is 0.156. The van der Waals surface area contributed by atoms with E-state index < -0.39 is 5.92 Å². The predicted molar refractivity (Wildman–Crippen MR) is 163 cm³/mol. The van der Waals surface area contributed by atoms with Crippen molar-refractivity contribution in [2.24, 2.45) is 11.8 Å². The average Bonchev–Trinajstić information content (AvgIpc) is 3.80. The number of rotatable bonds is 14. The van der Waals surface area contributed by atoms with Gasteiger partial charge in [-0.15, -0.1) is 5.10 Å².